The average Bonchev–Trinajstić information content (AvgIpc) is 2.53. The minimum atomic E-state index is 0.567. The molecule has 3 nitrogen and oxygen atoms in total. The zero-order valence-corrected chi connectivity index (χ0v) is 9.45. The number of rotatable bonds is 6. The van der Waals surface area contributed by atoms with Crippen molar-refractivity contribution in [3.8, 4) is 0 Å². The van der Waals surface area contributed by atoms with E-state index in [0.29, 0.717) is 6.04 Å². The molecule has 0 saturated carbocycles. The number of aryl methyl sites for hydroxylation is 1. The van der Waals surface area contributed by atoms with Crippen molar-refractivity contribution in [1.29, 1.82) is 0 Å². The molecule has 0 aliphatic rings. The molecule has 0 radical (unpaired) electrons. The molecule has 0 aliphatic heterocycles. The van der Waals surface area contributed by atoms with Gasteiger partial charge < -0.3 is 9.88 Å². The molecule has 80 valence electrons. The number of aromatic nitrogens is 2. The van der Waals surface area contributed by atoms with E-state index in [2.05, 4.69) is 35.6 Å². The fraction of sp³-hybridized carbons (Fsp3) is 0.727. The lowest BCUT2D eigenvalue weighted by atomic mass is 10.3. The Labute approximate surface area is 86.5 Å². The van der Waals surface area contributed by atoms with Gasteiger partial charge in [0.1, 0.15) is 0 Å². The predicted octanol–water partition coefficient (Wildman–Crippen LogP) is 1.83. The van der Waals surface area contributed by atoms with Crippen molar-refractivity contribution in [2.75, 3.05) is 6.54 Å². The molecule has 0 bridgehead atoms. The summed E-state index contributed by atoms with van der Waals surface area (Å²) in [5, 5.41) is 3.41. The molecule has 1 rings (SSSR count). The molecule has 0 fully saturated rings. The van der Waals surface area contributed by atoms with Gasteiger partial charge in [-0.25, -0.2) is 4.98 Å². The highest BCUT2D eigenvalue weighted by molar-refractivity contribution is 4.98. The first-order valence-electron chi connectivity index (χ1n) is 5.46. The standard InChI is InChI=1S/C11H21N3/c1-4-7-14-9-12-8-11(14)5-6-13-10(2)3/h8-10,13H,4-7H2,1-3H3. The van der Waals surface area contributed by atoms with E-state index < -0.39 is 0 Å². The molecule has 1 aromatic heterocycles. The van der Waals surface area contributed by atoms with Crippen LogP contribution in [-0.4, -0.2) is 22.1 Å². The summed E-state index contributed by atoms with van der Waals surface area (Å²) in [7, 11) is 0. The number of hydrogen-bond donors (Lipinski definition) is 1. The third-order valence-electron chi connectivity index (χ3n) is 2.20. The van der Waals surface area contributed by atoms with Gasteiger partial charge in [-0.15, -0.1) is 0 Å². The van der Waals surface area contributed by atoms with Crippen molar-refractivity contribution in [3.63, 3.8) is 0 Å². The summed E-state index contributed by atoms with van der Waals surface area (Å²) < 4.78 is 2.24. The Morgan fingerprint density at radius 1 is 1.50 bits per heavy atom. The Morgan fingerprint density at radius 2 is 2.29 bits per heavy atom. The van der Waals surface area contributed by atoms with Crippen molar-refractivity contribution < 1.29 is 0 Å². The van der Waals surface area contributed by atoms with Crippen LogP contribution in [0.3, 0.4) is 0 Å². The van der Waals surface area contributed by atoms with Crippen molar-refractivity contribution in [2.24, 2.45) is 0 Å². The lowest BCUT2D eigenvalue weighted by Gasteiger charge is -2.09. The quantitative estimate of drug-likeness (QED) is 0.750. The number of hydrogen-bond acceptors (Lipinski definition) is 2. The van der Waals surface area contributed by atoms with E-state index in [0.717, 1.165) is 19.5 Å². The Kier molecular flexibility index (Phi) is 4.66. The van der Waals surface area contributed by atoms with Crippen molar-refractivity contribution in [3.05, 3.63) is 18.2 Å². The van der Waals surface area contributed by atoms with E-state index in [-0.39, 0.29) is 0 Å². The monoisotopic (exact) mass is 195 g/mol. The van der Waals surface area contributed by atoms with E-state index in [9.17, 15) is 0 Å². The summed E-state index contributed by atoms with van der Waals surface area (Å²) in [6.07, 6.45) is 6.13. The van der Waals surface area contributed by atoms with E-state index >= 15 is 0 Å². The topological polar surface area (TPSA) is 29.9 Å². The molecule has 0 aromatic carbocycles. The molecule has 1 N–H and O–H groups in total. The largest absolute Gasteiger partial charge is 0.335 e. The Balaban J connectivity index is 2.37. The summed E-state index contributed by atoms with van der Waals surface area (Å²) in [6.45, 7) is 8.65. The third-order valence-corrected chi connectivity index (χ3v) is 2.20. The summed E-state index contributed by atoms with van der Waals surface area (Å²) in [4.78, 5) is 4.17. The lowest BCUT2D eigenvalue weighted by Crippen LogP contribution is -2.25. The maximum Gasteiger partial charge on any atom is 0.0948 e. The predicted molar refractivity (Wildman–Crippen MR) is 59.4 cm³/mol. The Hall–Kier alpha value is -0.830. The van der Waals surface area contributed by atoms with Gasteiger partial charge in [0, 0.05) is 37.4 Å². The van der Waals surface area contributed by atoms with Crippen LogP contribution in [0.2, 0.25) is 0 Å². The van der Waals surface area contributed by atoms with Crippen molar-refractivity contribution >= 4 is 0 Å². The molecular weight excluding hydrogens is 174 g/mol. The van der Waals surface area contributed by atoms with Gasteiger partial charge in [0.2, 0.25) is 0 Å². The highest BCUT2D eigenvalue weighted by Gasteiger charge is 2.00. The van der Waals surface area contributed by atoms with Gasteiger partial charge in [-0.1, -0.05) is 20.8 Å². The van der Waals surface area contributed by atoms with Crippen LogP contribution in [0.15, 0.2) is 12.5 Å². The third kappa shape index (κ3) is 3.50. The van der Waals surface area contributed by atoms with E-state index in [1.165, 1.54) is 12.1 Å². The second kappa shape index (κ2) is 5.81. The molecule has 1 heterocycles. The number of nitrogens with one attached hydrogen (secondary N) is 1. The van der Waals surface area contributed by atoms with Gasteiger partial charge >= 0.3 is 0 Å². The van der Waals surface area contributed by atoms with Gasteiger partial charge in [-0.3, -0.25) is 0 Å². The van der Waals surface area contributed by atoms with Crippen LogP contribution in [-0.2, 0) is 13.0 Å². The number of imidazole rings is 1. The highest BCUT2D eigenvalue weighted by Crippen LogP contribution is 2.01. The number of nitrogens with zero attached hydrogens (tertiary/aromatic N) is 2. The molecule has 14 heavy (non-hydrogen) atoms. The molecule has 0 unspecified atom stereocenters. The molecule has 0 amide bonds. The van der Waals surface area contributed by atoms with Crippen LogP contribution in [0.25, 0.3) is 0 Å². The molecule has 0 aliphatic carbocycles. The first-order chi connectivity index (χ1) is 6.74. The van der Waals surface area contributed by atoms with Crippen LogP contribution in [0.4, 0.5) is 0 Å². The molecule has 0 spiro atoms. The fourth-order valence-corrected chi connectivity index (χ4v) is 1.49. The first kappa shape index (κ1) is 11.2. The van der Waals surface area contributed by atoms with Crippen LogP contribution < -0.4 is 5.32 Å². The average molecular weight is 195 g/mol. The van der Waals surface area contributed by atoms with Gasteiger partial charge in [-0.05, 0) is 6.42 Å². The highest BCUT2D eigenvalue weighted by atomic mass is 15.0. The maximum absolute atomic E-state index is 4.17. The minimum Gasteiger partial charge on any atom is -0.335 e. The van der Waals surface area contributed by atoms with Crippen LogP contribution in [0.5, 0.6) is 0 Å². The minimum absolute atomic E-state index is 0.567. The summed E-state index contributed by atoms with van der Waals surface area (Å²) >= 11 is 0. The molecule has 1 aromatic rings. The van der Waals surface area contributed by atoms with Crippen molar-refractivity contribution in [1.82, 2.24) is 14.9 Å². The maximum atomic E-state index is 4.17. The first-order valence-corrected chi connectivity index (χ1v) is 5.46. The SMILES string of the molecule is CCCn1cncc1CCNC(C)C. The van der Waals surface area contributed by atoms with Crippen LogP contribution in [0.1, 0.15) is 32.9 Å². The zero-order valence-electron chi connectivity index (χ0n) is 9.45. The van der Waals surface area contributed by atoms with Crippen LogP contribution >= 0.6 is 0 Å². The van der Waals surface area contributed by atoms with Gasteiger partial charge in [-0.2, -0.15) is 0 Å². The van der Waals surface area contributed by atoms with E-state index in [1.807, 2.05) is 12.5 Å². The lowest BCUT2D eigenvalue weighted by molar-refractivity contribution is 0.570. The van der Waals surface area contributed by atoms with Gasteiger partial charge in [0.25, 0.3) is 0 Å². The molecular formula is C11H21N3. The second-order valence-electron chi connectivity index (χ2n) is 3.94. The van der Waals surface area contributed by atoms with Crippen LogP contribution in [0, 0.1) is 0 Å². The molecule has 0 saturated heterocycles. The second-order valence-corrected chi connectivity index (χ2v) is 3.94. The summed E-state index contributed by atoms with van der Waals surface area (Å²) in [5.41, 5.74) is 1.33. The van der Waals surface area contributed by atoms with Crippen molar-refractivity contribution in [2.45, 2.75) is 46.2 Å². The smallest absolute Gasteiger partial charge is 0.0948 e. The van der Waals surface area contributed by atoms with E-state index in [4.69, 9.17) is 0 Å². The van der Waals surface area contributed by atoms with E-state index in [1.54, 1.807) is 0 Å². The Morgan fingerprint density at radius 3 is 2.93 bits per heavy atom. The van der Waals surface area contributed by atoms with Gasteiger partial charge in [0.05, 0.1) is 6.33 Å². The summed E-state index contributed by atoms with van der Waals surface area (Å²) in [6, 6.07) is 0.567. The normalized spacial score (nSPS) is 11.1. The molecule has 3 heteroatoms. The molecule has 0 atom stereocenters. The van der Waals surface area contributed by atoms with Gasteiger partial charge in [0.15, 0.2) is 0 Å². The Bertz CT molecular complexity index is 253. The fourth-order valence-electron chi connectivity index (χ4n) is 1.49. The zero-order chi connectivity index (χ0) is 10.4. The summed E-state index contributed by atoms with van der Waals surface area (Å²) in [5.74, 6) is 0.